The van der Waals surface area contributed by atoms with E-state index in [9.17, 15) is 22.7 Å². The minimum atomic E-state index is -4.06. The summed E-state index contributed by atoms with van der Waals surface area (Å²) in [6.07, 6.45) is 2.62. The highest BCUT2D eigenvalue weighted by molar-refractivity contribution is 7.92. The zero-order valence-corrected chi connectivity index (χ0v) is 17.3. The van der Waals surface area contributed by atoms with E-state index in [1.807, 2.05) is 0 Å². The monoisotopic (exact) mass is 420 g/mol. The van der Waals surface area contributed by atoms with Crippen molar-refractivity contribution >= 4 is 21.6 Å². The SMILES string of the molecule is CN(C(=O)c1cccc(S(=O)(=O)N(C)c2ccccc2F)c1)[C@@H]1CCCC[C@@H]1O. The van der Waals surface area contributed by atoms with Gasteiger partial charge >= 0.3 is 0 Å². The Morgan fingerprint density at radius 3 is 2.45 bits per heavy atom. The zero-order valence-electron chi connectivity index (χ0n) is 16.5. The molecule has 1 amide bonds. The molecule has 0 radical (unpaired) electrons. The minimum absolute atomic E-state index is 0.0772. The molecule has 1 N–H and O–H groups in total. The van der Waals surface area contributed by atoms with Gasteiger partial charge in [-0.05, 0) is 43.2 Å². The molecule has 2 aromatic carbocycles. The Morgan fingerprint density at radius 1 is 1.07 bits per heavy atom. The van der Waals surface area contributed by atoms with E-state index < -0.39 is 21.9 Å². The summed E-state index contributed by atoms with van der Waals surface area (Å²) in [5.74, 6) is -1.02. The number of likely N-dealkylation sites (N-methyl/N-ethyl adjacent to an activating group) is 1. The molecule has 2 atom stereocenters. The van der Waals surface area contributed by atoms with Crippen LogP contribution < -0.4 is 4.31 Å². The Morgan fingerprint density at radius 2 is 1.76 bits per heavy atom. The summed E-state index contributed by atoms with van der Waals surface area (Å²) in [5.41, 5.74) is 0.125. The number of amides is 1. The molecule has 8 heteroatoms. The van der Waals surface area contributed by atoms with E-state index in [1.165, 1.54) is 54.4 Å². The van der Waals surface area contributed by atoms with Gasteiger partial charge in [-0.1, -0.05) is 31.0 Å². The van der Waals surface area contributed by atoms with Gasteiger partial charge in [0.05, 0.1) is 22.7 Å². The molecule has 0 unspecified atom stereocenters. The molecule has 0 aromatic heterocycles. The van der Waals surface area contributed by atoms with Crippen LogP contribution in [-0.4, -0.2) is 50.6 Å². The zero-order chi connectivity index (χ0) is 21.2. The van der Waals surface area contributed by atoms with E-state index in [4.69, 9.17) is 0 Å². The topological polar surface area (TPSA) is 77.9 Å². The van der Waals surface area contributed by atoms with Crippen LogP contribution >= 0.6 is 0 Å². The van der Waals surface area contributed by atoms with Crippen LogP contribution in [0.1, 0.15) is 36.0 Å². The van der Waals surface area contributed by atoms with Gasteiger partial charge in [-0.3, -0.25) is 9.10 Å². The van der Waals surface area contributed by atoms with E-state index in [0.29, 0.717) is 12.8 Å². The van der Waals surface area contributed by atoms with Crippen LogP contribution in [0.15, 0.2) is 53.4 Å². The van der Waals surface area contributed by atoms with Crippen LogP contribution in [-0.2, 0) is 10.0 Å². The van der Waals surface area contributed by atoms with Crippen molar-refractivity contribution in [2.45, 2.75) is 42.7 Å². The van der Waals surface area contributed by atoms with E-state index >= 15 is 0 Å². The molecule has 1 fully saturated rings. The predicted octanol–water partition coefficient (Wildman–Crippen LogP) is 3.03. The van der Waals surface area contributed by atoms with Gasteiger partial charge in [0, 0.05) is 19.7 Å². The summed E-state index contributed by atoms with van der Waals surface area (Å²) in [5, 5.41) is 10.2. The van der Waals surface area contributed by atoms with Crippen molar-refractivity contribution in [2.75, 3.05) is 18.4 Å². The van der Waals surface area contributed by atoms with Gasteiger partial charge in [0.1, 0.15) is 5.82 Å². The molecule has 0 aliphatic heterocycles. The van der Waals surface area contributed by atoms with E-state index in [-0.39, 0.29) is 28.1 Å². The maximum absolute atomic E-state index is 14.1. The lowest BCUT2D eigenvalue weighted by Crippen LogP contribution is -2.46. The number of nitrogens with zero attached hydrogens (tertiary/aromatic N) is 2. The molecule has 156 valence electrons. The number of halogens is 1. The first-order chi connectivity index (χ1) is 13.7. The van der Waals surface area contributed by atoms with Gasteiger partial charge < -0.3 is 10.0 Å². The third-order valence-electron chi connectivity index (χ3n) is 5.44. The highest BCUT2D eigenvalue weighted by atomic mass is 32.2. The Hall–Kier alpha value is -2.45. The first kappa shape index (κ1) is 21.3. The Labute approximate surface area is 170 Å². The Balaban J connectivity index is 1.88. The minimum Gasteiger partial charge on any atom is -0.391 e. The normalized spacial score (nSPS) is 19.6. The lowest BCUT2D eigenvalue weighted by molar-refractivity contribution is 0.0268. The van der Waals surface area contributed by atoms with Crippen LogP contribution in [0.4, 0.5) is 10.1 Å². The van der Waals surface area contributed by atoms with Crippen molar-refractivity contribution in [1.82, 2.24) is 4.90 Å². The number of para-hydroxylation sites is 1. The number of aliphatic hydroxyl groups is 1. The maximum atomic E-state index is 14.1. The molecular formula is C21H25FN2O4S. The van der Waals surface area contributed by atoms with Gasteiger partial charge in [0.15, 0.2) is 0 Å². The molecule has 1 saturated carbocycles. The number of anilines is 1. The molecule has 3 rings (SSSR count). The largest absolute Gasteiger partial charge is 0.391 e. The fourth-order valence-corrected chi connectivity index (χ4v) is 4.93. The third kappa shape index (κ3) is 4.28. The van der Waals surface area contributed by atoms with E-state index in [0.717, 1.165) is 17.1 Å². The molecule has 1 aliphatic carbocycles. The van der Waals surface area contributed by atoms with Crippen molar-refractivity contribution in [3.8, 4) is 0 Å². The first-order valence-corrected chi connectivity index (χ1v) is 11.0. The smallest absolute Gasteiger partial charge is 0.264 e. The van der Waals surface area contributed by atoms with Crippen molar-refractivity contribution in [3.63, 3.8) is 0 Å². The number of hydrogen-bond donors (Lipinski definition) is 1. The summed E-state index contributed by atoms with van der Waals surface area (Å²) < 4.78 is 40.9. The molecule has 1 aliphatic rings. The third-order valence-corrected chi connectivity index (χ3v) is 7.21. The van der Waals surface area contributed by atoms with Crippen molar-refractivity contribution in [3.05, 3.63) is 59.9 Å². The molecule has 29 heavy (non-hydrogen) atoms. The lowest BCUT2D eigenvalue weighted by Gasteiger charge is -2.35. The summed E-state index contributed by atoms with van der Waals surface area (Å²) in [6, 6.07) is 11.0. The second-order valence-electron chi connectivity index (χ2n) is 7.29. The van der Waals surface area contributed by atoms with E-state index in [1.54, 1.807) is 13.1 Å². The van der Waals surface area contributed by atoms with Gasteiger partial charge in [0.2, 0.25) is 0 Å². The second-order valence-corrected chi connectivity index (χ2v) is 9.26. The fraction of sp³-hybridized carbons (Fsp3) is 0.381. The first-order valence-electron chi connectivity index (χ1n) is 9.52. The van der Waals surface area contributed by atoms with Crippen LogP contribution in [0.5, 0.6) is 0 Å². The van der Waals surface area contributed by atoms with Crippen LogP contribution in [0.3, 0.4) is 0 Å². The van der Waals surface area contributed by atoms with Crippen LogP contribution in [0, 0.1) is 5.82 Å². The van der Waals surface area contributed by atoms with Crippen LogP contribution in [0.2, 0.25) is 0 Å². The Kier molecular flexibility index (Phi) is 6.24. The molecule has 0 heterocycles. The predicted molar refractivity (Wildman–Crippen MR) is 109 cm³/mol. The average molecular weight is 421 g/mol. The number of aliphatic hydroxyl groups excluding tert-OH is 1. The van der Waals surface area contributed by atoms with Crippen LogP contribution in [0.25, 0.3) is 0 Å². The number of rotatable bonds is 5. The number of carbonyl (C=O) groups is 1. The van der Waals surface area contributed by atoms with Crippen molar-refractivity contribution in [2.24, 2.45) is 0 Å². The number of sulfonamides is 1. The molecule has 0 bridgehead atoms. The van der Waals surface area contributed by atoms with Gasteiger partial charge in [-0.2, -0.15) is 0 Å². The summed E-state index contributed by atoms with van der Waals surface area (Å²) in [7, 11) is -1.17. The van der Waals surface area contributed by atoms with Gasteiger partial charge in [-0.15, -0.1) is 0 Å². The average Bonchev–Trinajstić information content (AvgIpc) is 2.73. The molecule has 2 aromatic rings. The summed E-state index contributed by atoms with van der Waals surface area (Å²) in [4.78, 5) is 14.3. The highest BCUT2D eigenvalue weighted by Crippen LogP contribution is 2.27. The standard InChI is InChI=1S/C21H25FN2O4S/c1-23(19-12-5-6-13-20(19)25)21(26)15-8-7-9-16(14-15)29(27,28)24(2)18-11-4-3-10-17(18)22/h3-4,7-11,14,19-20,25H,5-6,12-13H2,1-2H3/t19-,20+/m1/s1. The Bertz CT molecular complexity index is 996. The van der Waals surface area contributed by atoms with Gasteiger partial charge in [0.25, 0.3) is 15.9 Å². The number of carbonyl (C=O) groups excluding carboxylic acids is 1. The molecule has 6 nitrogen and oxygen atoms in total. The number of benzene rings is 2. The molecule has 0 spiro atoms. The molecular weight excluding hydrogens is 395 g/mol. The second kappa shape index (κ2) is 8.51. The van der Waals surface area contributed by atoms with Crippen molar-refractivity contribution in [1.29, 1.82) is 0 Å². The maximum Gasteiger partial charge on any atom is 0.264 e. The fourth-order valence-electron chi connectivity index (χ4n) is 3.68. The van der Waals surface area contributed by atoms with E-state index in [2.05, 4.69) is 0 Å². The molecule has 0 saturated heterocycles. The summed E-state index contributed by atoms with van der Waals surface area (Å²) >= 11 is 0. The lowest BCUT2D eigenvalue weighted by atomic mass is 9.91. The van der Waals surface area contributed by atoms with Crippen molar-refractivity contribution < 1.29 is 22.7 Å². The number of hydrogen-bond acceptors (Lipinski definition) is 4. The highest BCUT2D eigenvalue weighted by Gasteiger charge is 2.31. The summed E-state index contributed by atoms with van der Waals surface area (Å²) in [6.45, 7) is 0. The quantitative estimate of drug-likeness (QED) is 0.807. The van der Waals surface area contributed by atoms with Gasteiger partial charge in [-0.25, -0.2) is 12.8 Å².